The van der Waals surface area contributed by atoms with Gasteiger partial charge in [-0.25, -0.2) is 4.68 Å². The van der Waals surface area contributed by atoms with Gasteiger partial charge in [-0.3, -0.25) is 4.79 Å². The van der Waals surface area contributed by atoms with E-state index in [1.165, 1.54) is 16.9 Å². The van der Waals surface area contributed by atoms with Crippen molar-refractivity contribution in [2.45, 2.75) is 13.0 Å². The van der Waals surface area contributed by atoms with E-state index in [0.717, 1.165) is 16.5 Å². The molecule has 1 aromatic carbocycles. The maximum absolute atomic E-state index is 12.0. The van der Waals surface area contributed by atoms with Crippen LogP contribution >= 0.6 is 27.5 Å². The van der Waals surface area contributed by atoms with Crippen molar-refractivity contribution in [3.8, 4) is 5.75 Å². The summed E-state index contributed by atoms with van der Waals surface area (Å²) in [6, 6.07) is 6.92. The van der Waals surface area contributed by atoms with Gasteiger partial charge in [0.25, 0.3) is 5.56 Å². The Morgan fingerprint density at radius 1 is 1.38 bits per heavy atom. The van der Waals surface area contributed by atoms with Gasteiger partial charge in [0.2, 0.25) is 0 Å². The normalized spacial score (nSPS) is 10.6. The molecule has 0 aliphatic rings. The van der Waals surface area contributed by atoms with Crippen LogP contribution in [0.4, 0.5) is 0 Å². The van der Waals surface area contributed by atoms with Crippen molar-refractivity contribution in [1.29, 1.82) is 0 Å². The first kappa shape index (κ1) is 16.0. The minimum Gasteiger partial charge on any atom is -0.492 e. The third kappa shape index (κ3) is 4.56. The van der Waals surface area contributed by atoms with Gasteiger partial charge in [0, 0.05) is 15.6 Å². The van der Waals surface area contributed by atoms with Crippen LogP contribution in [0.3, 0.4) is 0 Å². The zero-order valence-electron chi connectivity index (χ0n) is 11.3. The molecular weight excluding hydrogens is 358 g/mol. The second-order valence-electron chi connectivity index (χ2n) is 4.41. The summed E-state index contributed by atoms with van der Waals surface area (Å²) in [6.45, 7) is 1.33. The van der Waals surface area contributed by atoms with E-state index in [1.807, 2.05) is 12.1 Å². The number of hydrogen-bond acceptors (Lipinski definition) is 4. The molecular formula is C14H15BrClN3O2. The fraction of sp³-hybridized carbons (Fsp3) is 0.286. The Bertz CT molecular complexity index is 676. The second kappa shape index (κ2) is 7.59. The first-order valence-corrected chi connectivity index (χ1v) is 7.61. The van der Waals surface area contributed by atoms with Gasteiger partial charge in [-0.1, -0.05) is 33.6 Å². The lowest BCUT2D eigenvalue weighted by atomic mass is 10.2. The maximum atomic E-state index is 12.0. The first-order chi connectivity index (χ1) is 10.1. The average molecular weight is 373 g/mol. The van der Waals surface area contributed by atoms with E-state index >= 15 is 0 Å². The van der Waals surface area contributed by atoms with E-state index in [-0.39, 0.29) is 5.56 Å². The quantitative estimate of drug-likeness (QED) is 0.791. The molecule has 0 saturated heterocycles. The Hall–Kier alpha value is -1.37. The molecule has 2 N–H and O–H groups in total. The van der Waals surface area contributed by atoms with E-state index in [4.69, 9.17) is 22.1 Å². The van der Waals surface area contributed by atoms with Crippen LogP contribution < -0.4 is 16.0 Å². The molecule has 2 rings (SSSR count). The smallest absolute Gasteiger partial charge is 0.270 e. The van der Waals surface area contributed by atoms with Gasteiger partial charge < -0.3 is 10.5 Å². The first-order valence-electron chi connectivity index (χ1n) is 6.44. The summed E-state index contributed by atoms with van der Waals surface area (Å²) in [4.78, 5) is 12.0. The van der Waals surface area contributed by atoms with Gasteiger partial charge in [-0.2, -0.15) is 5.10 Å². The van der Waals surface area contributed by atoms with Crippen LogP contribution in [0, 0.1) is 0 Å². The van der Waals surface area contributed by atoms with Crippen molar-refractivity contribution in [3.05, 3.63) is 55.9 Å². The molecule has 2 aromatic rings. The lowest BCUT2D eigenvalue weighted by molar-refractivity contribution is 0.309. The number of ether oxygens (including phenoxy) is 1. The summed E-state index contributed by atoms with van der Waals surface area (Å²) in [5.41, 5.74) is 5.97. The van der Waals surface area contributed by atoms with E-state index < -0.39 is 0 Å². The molecule has 21 heavy (non-hydrogen) atoms. The molecule has 0 aliphatic carbocycles. The van der Waals surface area contributed by atoms with Crippen molar-refractivity contribution in [3.63, 3.8) is 0 Å². The minimum absolute atomic E-state index is 0.237. The predicted octanol–water partition coefficient (Wildman–Crippen LogP) is 2.44. The van der Waals surface area contributed by atoms with Crippen molar-refractivity contribution >= 4 is 27.5 Å². The highest BCUT2D eigenvalue weighted by atomic mass is 79.9. The topological polar surface area (TPSA) is 70.1 Å². The van der Waals surface area contributed by atoms with Crippen molar-refractivity contribution in [2.24, 2.45) is 5.73 Å². The van der Waals surface area contributed by atoms with Gasteiger partial charge in [0.05, 0.1) is 19.3 Å². The molecule has 0 bridgehead atoms. The van der Waals surface area contributed by atoms with Crippen LogP contribution in [-0.4, -0.2) is 22.9 Å². The third-order valence-electron chi connectivity index (χ3n) is 2.80. The number of rotatable bonds is 6. The summed E-state index contributed by atoms with van der Waals surface area (Å²) in [5.74, 6) is 0.451. The fourth-order valence-corrected chi connectivity index (χ4v) is 2.43. The number of hydrogen-bond donors (Lipinski definition) is 1. The summed E-state index contributed by atoms with van der Waals surface area (Å²) in [7, 11) is 0. The largest absolute Gasteiger partial charge is 0.492 e. The SMILES string of the molecule is NCCCOc1cnn(Cc2ccc(Br)cc2Cl)c(=O)c1. The van der Waals surface area contributed by atoms with Crippen LogP contribution in [0.5, 0.6) is 5.75 Å². The summed E-state index contributed by atoms with van der Waals surface area (Å²) < 4.78 is 7.61. The number of halogens is 2. The molecule has 0 aliphatic heterocycles. The highest BCUT2D eigenvalue weighted by Crippen LogP contribution is 2.21. The van der Waals surface area contributed by atoms with Crippen LogP contribution in [0.1, 0.15) is 12.0 Å². The van der Waals surface area contributed by atoms with E-state index in [0.29, 0.717) is 30.5 Å². The zero-order chi connectivity index (χ0) is 15.2. The fourth-order valence-electron chi connectivity index (χ4n) is 1.70. The lowest BCUT2D eigenvalue weighted by Crippen LogP contribution is -2.23. The number of benzene rings is 1. The number of nitrogens with two attached hydrogens (primary N) is 1. The summed E-state index contributed by atoms with van der Waals surface area (Å²) in [6.07, 6.45) is 2.25. The number of aromatic nitrogens is 2. The van der Waals surface area contributed by atoms with Gasteiger partial charge in [0.1, 0.15) is 5.75 Å². The molecule has 0 fully saturated rings. The second-order valence-corrected chi connectivity index (χ2v) is 5.74. The van der Waals surface area contributed by atoms with Gasteiger partial charge >= 0.3 is 0 Å². The highest BCUT2D eigenvalue weighted by Gasteiger charge is 2.06. The molecule has 0 saturated carbocycles. The van der Waals surface area contributed by atoms with Crippen molar-refractivity contribution in [2.75, 3.05) is 13.2 Å². The number of nitrogens with zero attached hydrogens (tertiary/aromatic N) is 2. The lowest BCUT2D eigenvalue weighted by Gasteiger charge is -2.09. The molecule has 112 valence electrons. The van der Waals surface area contributed by atoms with Crippen LogP contribution in [-0.2, 0) is 6.54 Å². The molecule has 0 spiro atoms. The Morgan fingerprint density at radius 2 is 2.19 bits per heavy atom. The van der Waals surface area contributed by atoms with Crippen LogP contribution in [0.25, 0.3) is 0 Å². The van der Waals surface area contributed by atoms with Gasteiger partial charge in [-0.05, 0) is 30.7 Å². The molecule has 1 aromatic heterocycles. The van der Waals surface area contributed by atoms with Gasteiger partial charge in [0.15, 0.2) is 0 Å². The van der Waals surface area contributed by atoms with E-state index in [1.54, 1.807) is 6.07 Å². The maximum Gasteiger partial charge on any atom is 0.270 e. The highest BCUT2D eigenvalue weighted by molar-refractivity contribution is 9.10. The summed E-state index contributed by atoms with van der Waals surface area (Å²) >= 11 is 9.48. The molecule has 0 amide bonds. The third-order valence-corrected chi connectivity index (χ3v) is 3.64. The molecule has 0 atom stereocenters. The van der Waals surface area contributed by atoms with Crippen LogP contribution in [0.2, 0.25) is 5.02 Å². The van der Waals surface area contributed by atoms with E-state index in [2.05, 4.69) is 21.0 Å². The zero-order valence-corrected chi connectivity index (χ0v) is 13.6. The van der Waals surface area contributed by atoms with Crippen molar-refractivity contribution < 1.29 is 4.74 Å². The van der Waals surface area contributed by atoms with Crippen LogP contribution in [0.15, 0.2) is 39.7 Å². The van der Waals surface area contributed by atoms with Crippen molar-refractivity contribution in [1.82, 2.24) is 9.78 Å². The molecule has 0 unspecified atom stereocenters. The predicted molar refractivity (Wildman–Crippen MR) is 85.9 cm³/mol. The Kier molecular flexibility index (Phi) is 5.78. The molecule has 0 radical (unpaired) electrons. The standard InChI is InChI=1S/C14H15BrClN3O2/c15-11-3-2-10(13(16)6-11)9-19-14(20)7-12(8-18-19)21-5-1-4-17/h2-3,6-8H,1,4-5,9,17H2. The minimum atomic E-state index is -0.237. The Labute approximate surface area is 135 Å². The molecule has 7 heteroatoms. The summed E-state index contributed by atoms with van der Waals surface area (Å²) in [5, 5.41) is 4.68. The monoisotopic (exact) mass is 371 g/mol. The molecule has 5 nitrogen and oxygen atoms in total. The van der Waals surface area contributed by atoms with Gasteiger partial charge in [-0.15, -0.1) is 0 Å². The Morgan fingerprint density at radius 3 is 2.86 bits per heavy atom. The molecule has 1 heterocycles. The average Bonchev–Trinajstić information content (AvgIpc) is 2.44. The van der Waals surface area contributed by atoms with E-state index in [9.17, 15) is 4.79 Å². The Balaban J connectivity index is 2.12.